The lowest BCUT2D eigenvalue weighted by Crippen LogP contribution is -2.55. The molecule has 3 aromatic rings. The molecule has 4 fully saturated rings. The summed E-state index contributed by atoms with van der Waals surface area (Å²) in [5.41, 5.74) is 3.74. The summed E-state index contributed by atoms with van der Waals surface area (Å²) in [6.45, 7) is 10.6. The van der Waals surface area contributed by atoms with E-state index in [4.69, 9.17) is 23.9 Å². The van der Waals surface area contributed by atoms with Gasteiger partial charge in [-0.3, -0.25) is 44.0 Å². The van der Waals surface area contributed by atoms with E-state index in [0.29, 0.717) is 108 Å². The molecule has 0 bridgehead atoms. The van der Waals surface area contributed by atoms with Gasteiger partial charge in [0.2, 0.25) is 23.6 Å². The summed E-state index contributed by atoms with van der Waals surface area (Å²) < 4.78 is 22.6. The Morgan fingerprint density at radius 1 is 0.733 bits per heavy atom. The SMILES string of the molecule is O=C(/C=C/c1cccnc1)NCCCCC1CCN(C(=O)c2ccc(N3CCC(N4CCN(C(=O)COCCOCCOCCOCCNc5cccc6c5CN(C5CCC(=O)NC5=O)C6=O)CC4)CC3)nc2)CC1. The number of aromatic nitrogens is 2. The molecule has 4 saturated heterocycles. The lowest BCUT2D eigenvalue weighted by atomic mass is 9.91. The summed E-state index contributed by atoms with van der Waals surface area (Å²) >= 11 is 0. The van der Waals surface area contributed by atoms with Crippen molar-refractivity contribution in [1.29, 1.82) is 0 Å². The van der Waals surface area contributed by atoms with Crippen LogP contribution < -0.4 is 20.9 Å². The molecule has 0 radical (unpaired) electrons. The molecule has 8 rings (SSSR count). The number of piperidine rings is 3. The summed E-state index contributed by atoms with van der Waals surface area (Å²) in [5, 5.41) is 8.63. The third-order valence-corrected chi connectivity index (χ3v) is 14.8. The summed E-state index contributed by atoms with van der Waals surface area (Å²) in [4.78, 5) is 94.4. The molecule has 6 amide bonds. The number of anilines is 2. The minimum atomic E-state index is -0.653. The number of nitrogens with zero attached hydrogens (tertiary/aromatic N) is 7. The predicted octanol–water partition coefficient (Wildman–Crippen LogP) is 3.38. The molecule has 0 spiro atoms. The van der Waals surface area contributed by atoms with E-state index < -0.39 is 11.9 Å². The third-order valence-electron chi connectivity index (χ3n) is 14.8. The number of hydrogen-bond donors (Lipinski definition) is 3. The van der Waals surface area contributed by atoms with Crippen LogP contribution in [0, 0.1) is 5.92 Å². The largest absolute Gasteiger partial charge is 0.382 e. The first-order chi connectivity index (χ1) is 36.7. The van der Waals surface area contributed by atoms with Crippen LogP contribution >= 0.6 is 0 Å². The van der Waals surface area contributed by atoms with Crippen LogP contribution in [-0.2, 0) is 44.7 Å². The number of imide groups is 1. The highest BCUT2D eigenvalue weighted by Gasteiger charge is 2.40. The van der Waals surface area contributed by atoms with E-state index in [0.717, 1.165) is 107 Å². The predicted molar refractivity (Wildman–Crippen MR) is 281 cm³/mol. The number of pyridine rings is 2. The molecule has 20 nitrogen and oxygen atoms in total. The fourth-order valence-electron chi connectivity index (χ4n) is 10.5. The van der Waals surface area contributed by atoms with Crippen LogP contribution in [0.5, 0.6) is 0 Å². The van der Waals surface area contributed by atoms with Crippen molar-refractivity contribution < 1.29 is 47.7 Å². The topological polar surface area (TPSA) is 217 Å². The van der Waals surface area contributed by atoms with E-state index in [1.807, 2.05) is 46.2 Å². The van der Waals surface area contributed by atoms with Gasteiger partial charge in [-0.05, 0) is 86.4 Å². The van der Waals surface area contributed by atoms with E-state index in [9.17, 15) is 28.8 Å². The number of hydrogen-bond acceptors (Lipinski definition) is 15. The zero-order valence-corrected chi connectivity index (χ0v) is 43.2. The number of piperazine rings is 1. The zero-order valence-electron chi connectivity index (χ0n) is 43.2. The number of likely N-dealkylation sites (tertiary alicyclic amines) is 1. The molecule has 75 heavy (non-hydrogen) atoms. The molecule has 5 aliphatic rings. The van der Waals surface area contributed by atoms with E-state index in [1.54, 1.807) is 41.7 Å². The fourth-order valence-corrected chi connectivity index (χ4v) is 10.5. The molecule has 0 aliphatic carbocycles. The molecule has 3 N–H and O–H groups in total. The van der Waals surface area contributed by atoms with Crippen LogP contribution in [0.3, 0.4) is 0 Å². The number of unbranched alkanes of at least 4 members (excludes halogenated alkanes) is 1. The Kier molecular flexibility index (Phi) is 20.9. The standard InChI is InChI=1S/C55H74N10O10/c66-50(13-9-42-6-4-19-56-37-42)58-20-2-1-5-41-15-22-64(23-16-41)54(70)43-10-12-49(59-38-43)62-24-17-44(18-25-62)61-26-28-63(29-27-61)52(68)40-75-36-35-74-34-33-73-32-31-72-30-21-57-47-8-3-7-45-46(47)39-65(55(45)71)48-11-14-51(67)60-53(48)69/h3-4,6-10,12-13,19,37-38,41,44,48,57H,1-2,5,11,14-18,20-36,39-40H2,(H,58,66)(H,60,67,69)/b13-9+. The molecule has 404 valence electrons. The fraction of sp³-hybridized carbons (Fsp3) is 0.564. The Bertz CT molecular complexity index is 2390. The van der Waals surface area contributed by atoms with Crippen molar-refractivity contribution in [3.05, 3.63) is 89.4 Å². The van der Waals surface area contributed by atoms with Crippen molar-refractivity contribution in [1.82, 2.24) is 40.2 Å². The lowest BCUT2D eigenvalue weighted by molar-refractivity contribution is -0.139. The first-order valence-corrected chi connectivity index (χ1v) is 26.9. The van der Waals surface area contributed by atoms with Crippen molar-refractivity contribution in [3.8, 4) is 0 Å². The van der Waals surface area contributed by atoms with Gasteiger partial charge < -0.3 is 49.2 Å². The molecule has 2 aromatic heterocycles. The van der Waals surface area contributed by atoms with Gasteiger partial charge in [0.1, 0.15) is 18.5 Å². The molecule has 1 unspecified atom stereocenters. The van der Waals surface area contributed by atoms with Gasteiger partial charge in [-0.2, -0.15) is 0 Å². The molecule has 1 aromatic carbocycles. The minimum absolute atomic E-state index is 0.00250. The quantitative estimate of drug-likeness (QED) is 0.0597. The highest BCUT2D eigenvalue weighted by Crippen LogP contribution is 2.32. The van der Waals surface area contributed by atoms with Crippen LogP contribution in [0.4, 0.5) is 11.5 Å². The second kappa shape index (κ2) is 28.5. The highest BCUT2D eigenvalue weighted by atomic mass is 16.6. The third kappa shape index (κ3) is 16.1. The van der Waals surface area contributed by atoms with Crippen LogP contribution in [0.15, 0.2) is 67.1 Å². The molecule has 0 saturated carbocycles. The minimum Gasteiger partial charge on any atom is -0.382 e. The highest BCUT2D eigenvalue weighted by molar-refractivity contribution is 6.06. The van der Waals surface area contributed by atoms with Crippen molar-refractivity contribution in [2.45, 2.75) is 76.4 Å². The van der Waals surface area contributed by atoms with Gasteiger partial charge in [-0.25, -0.2) is 4.98 Å². The van der Waals surface area contributed by atoms with Gasteiger partial charge in [0.15, 0.2) is 0 Å². The van der Waals surface area contributed by atoms with Gasteiger partial charge in [0, 0.05) is 126 Å². The van der Waals surface area contributed by atoms with E-state index in [-0.39, 0.29) is 42.6 Å². The van der Waals surface area contributed by atoms with Gasteiger partial charge in [0.25, 0.3) is 11.8 Å². The average Bonchev–Trinajstić information content (AvgIpc) is 3.79. The lowest BCUT2D eigenvalue weighted by Gasteiger charge is -2.43. The van der Waals surface area contributed by atoms with Crippen molar-refractivity contribution in [2.24, 2.45) is 5.92 Å². The summed E-state index contributed by atoms with van der Waals surface area (Å²) in [6.07, 6.45) is 16.1. The molecule has 1 atom stereocenters. The average molecular weight is 1040 g/mol. The van der Waals surface area contributed by atoms with Crippen LogP contribution in [0.25, 0.3) is 6.08 Å². The number of carbonyl (C=O) groups is 6. The first-order valence-electron chi connectivity index (χ1n) is 26.9. The molecule has 7 heterocycles. The number of benzene rings is 1. The van der Waals surface area contributed by atoms with E-state index >= 15 is 0 Å². The number of nitrogens with one attached hydrogen (secondary N) is 3. The zero-order chi connectivity index (χ0) is 52.2. The van der Waals surface area contributed by atoms with Crippen molar-refractivity contribution in [3.63, 3.8) is 0 Å². The Morgan fingerprint density at radius 3 is 2.19 bits per heavy atom. The number of rotatable bonds is 26. The molecular weight excluding hydrogens is 961 g/mol. The van der Waals surface area contributed by atoms with E-state index in [2.05, 4.69) is 30.7 Å². The van der Waals surface area contributed by atoms with Crippen LogP contribution in [-0.4, -0.2) is 195 Å². The van der Waals surface area contributed by atoms with Crippen molar-refractivity contribution in [2.75, 3.05) is 129 Å². The number of amides is 6. The second-order valence-electron chi connectivity index (χ2n) is 19.7. The van der Waals surface area contributed by atoms with Gasteiger partial charge in [-0.1, -0.05) is 25.0 Å². The number of ether oxygens (including phenoxy) is 4. The maximum absolute atomic E-state index is 13.4. The van der Waals surface area contributed by atoms with Crippen molar-refractivity contribution >= 4 is 53.0 Å². The van der Waals surface area contributed by atoms with Gasteiger partial charge in [0.05, 0.1) is 51.8 Å². The number of fused-ring (bicyclic) bond motifs is 1. The van der Waals surface area contributed by atoms with Gasteiger partial charge >= 0.3 is 0 Å². The summed E-state index contributed by atoms with van der Waals surface area (Å²) in [7, 11) is 0. The van der Waals surface area contributed by atoms with Crippen LogP contribution in [0.1, 0.15) is 89.6 Å². The Balaban J connectivity index is 0.596. The Morgan fingerprint density at radius 2 is 1.48 bits per heavy atom. The maximum Gasteiger partial charge on any atom is 0.255 e. The summed E-state index contributed by atoms with van der Waals surface area (Å²) in [6, 6.07) is 12.9. The normalized spacial score (nSPS) is 18.9. The van der Waals surface area contributed by atoms with Crippen LogP contribution in [0.2, 0.25) is 0 Å². The molecule has 20 heteroatoms. The number of carbonyl (C=O) groups excluding carboxylic acids is 6. The molecule has 5 aliphatic heterocycles. The Labute approximate surface area is 439 Å². The first kappa shape index (κ1) is 54.9. The van der Waals surface area contributed by atoms with E-state index in [1.165, 1.54) is 0 Å². The Hall–Kier alpha value is -6.32. The smallest absolute Gasteiger partial charge is 0.255 e. The van der Waals surface area contributed by atoms with Gasteiger partial charge in [-0.15, -0.1) is 0 Å². The monoisotopic (exact) mass is 1030 g/mol. The summed E-state index contributed by atoms with van der Waals surface area (Å²) in [5.74, 6) is 0.505. The molecular formula is C55H74N10O10. The second-order valence-corrected chi connectivity index (χ2v) is 19.7. The maximum atomic E-state index is 13.4.